The summed E-state index contributed by atoms with van der Waals surface area (Å²) in [7, 11) is -4.59. The Labute approximate surface area is 247 Å². The molecule has 226 valence electrons. The maximum absolute atomic E-state index is 12.7. The first-order valence-electron chi connectivity index (χ1n) is 15.5. The summed E-state index contributed by atoms with van der Waals surface area (Å²) in [6, 6.07) is 11.4. The normalized spacial score (nSPS) is 13.6. The van der Waals surface area contributed by atoms with Crippen LogP contribution in [0.1, 0.15) is 122 Å². The van der Waals surface area contributed by atoms with Crippen LogP contribution in [0.25, 0.3) is 0 Å². The molecule has 8 heteroatoms. The van der Waals surface area contributed by atoms with Crippen molar-refractivity contribution in [3.63, 3.8) is 0 Å². The Morgan fingerprint density at radius 1 is 0.805 bits per heavy atom. The van der Waals surface area contributed by atoms with Crippen molar-refractivity contribution in [3.05, 3.63) is 48.0 Å². The number of nitrogens with zero attached hydrogens (tertiary/aromatic N) is 2. The number of ether oxygens (including phenoxy) is 1. The molecule has 0 atom stereocenters. The van der Waals surface area contributed by atoms with E-state index in [0.717, 1.165) is 30.5 Å². The van der Waals surface area contributed by atoms with Gasteiger partial charge < -0.3 is 4.74 Å². The van der Waals surface area contributed by atoms with Crippen LogP contribution in [-0.4, -0.2) is 24.6 Å². The Bertz CT molecular complexity index is 1220. The van der Waals surface area contributed by atoms with Gasteiger partial charge in [-0.25, -0.2) is 5.01 Å². The van der Waals surface area contributed by atoms with Crippen molar-refractivity contribution in [1.29, 1.82) is 0 Å². The fraction of sp³-hybridized carbons (Fsp3) is 0.576. The van der Waals surface area contributed by atoms with Crippen LogP contribution in [0.5, 0.6) is 11.5 Å². The van der Waals surface area contributed by atoms with E-state index in [0.29, 0.717) is 5.75 Å². The standard InChI is InChI=1S/C33H48N2O5S/c1-3-4-5-6-7-8-9-10-11-12-13-14-15-16-17-18-28-25-33(36)35(34-28)29-21-24-31(32(26-29)41(37,38)39)40-30-22-19-27(2)20-23-30/h19-24,26H,3-18,25H2,1-2H3,(H,37,38,39). The van der Waals surface area contributed by atoms with Gasteiger partial charge in [0.05, 0.1) is 12.1 Å². The van der Waals surface area contributed by atoms with E-state index in [1.54, 1.807) is 18.2 Å². The van der Waals surface area contributed by atoms with Gasteiger partial charge in [0.1, 0.15) is 16.4 Å². The fourth-order valence-corrected chi connectivity index (χ4v) is 5.80. The summed E-state index contributed by atoms with van der Waals surface area (Å²) in [5, 5.41) is 5.70. The van der Waals surface area contributed by atoms with E-state index >= 15 is 0 Å². The smallest absolute Gasteiger partial charge is 0.298 e. The second-order valence-electron chi connectivity index (χ2n) is 11.3. The highest BCUT2D eigenvalue weighted by Gasteiger charge is 2.27. The summed E-state index contributed by atoms with van der Waals surface area (Å²) in [6.45, 7) is 4.20. The molecule has 0 saturated carbocycles. The maximum Gasteiger partial charge on any atom is 0.298 e. The number of amides is 1. The predicted molar refractivity (Wildman–Crippen MR) is 167 cm³/mol. The van der Waals surface area contributed by atoms with E-state index < -0.39 is 15.0 Å². The number of unbranched alkanes of at least 4 members (excludes halogenated alkanes) is 14. The van der Waals surface area contributed by atoms with Crippen molar-refractivity contribution < 1.29 is 22.5 Å². The van der Waals surface area contributed by atoms with Gasteiger partial charge >= 0.3 is 0 Å². The predicted octanol–water partition coefficient (Wildman–Crippen LogP) is 9.39. The Morgan fingerprint density at radius 2 is 1.34 bits per heavy atom. The monoisotopic (exact) mass is 584 g/mol. The number of rotatable bonds is 20. The van der Waals surface area contributed by atoms with Gasteiger partial charge in [0.25, 0.3) is 16.0 Å². The van der Waals surface area contributed by atoms with Crippen molar-refractivity contribution in [1.82, 2.24) is 0 Å². The lowest BCUT2D eigenvalue weighted by atomic mass is 10.0. The maximum atomic E-state index is 12.7. The Morgan fingerprint density at radius 3 is 1.88 bits per heavy atom. The van der Waals surface area contributed by atoms with Gasteiger partial charge in [-0.1, -0.05) is 115 Å². The molecule has 7 nitrogen and oxygen atoms in total. The molecule has 0 aliphatic carbocycles. The molecule has 1 heterocycles. The average Bonchev–Trinajstić information content (AvgIpc) is 3.31. The first-order chi connectivity index (χ1) is 19.8. The third-order valence-electron chi connectivity index (χ3n) is 7.60. The van der Waals surface area contributed by atoms with Crippen LogP contribution in [-0.2, 0) is 14.9 Å². The lowest BCUT2D eigenvalue weighted by Gasteiger charge is -2.15. The minimum Gasteiger partial charge on any atom is -0.456 e. The molecule has 0 aromatic heterocycles. The molecule has 0 bridgehead atoms. The quantitative estimate of drug-likeness (QED) is 0.123. The van der Waals surface area contributed by atoms with Crippen molar-refractivity contribution in [3.8, 4) is 11.5 Å². The summed E-state index contributed by atoms with van der Waals surface area (Å²) < 4.78 is 39.8. The molecule has 3 rings (SSSR count). The summed E-state index contributed by atoms with van der Waals surface area (Å²) in [5.74, 6) is 0.206. The Hall–Kier alpha value is -2.71. The van der Waals surface area contributed by atoms with Crippen LogP contribution in [0.2, 0.25) is 0 Å². The van der Waals surface area contributed by atoms with Gasteiger partial charge in [-0.3, -0.25) is 9.35 Å². The molecule has 1 aliphatic rings. The summed E-state index contributed by atoms with van der Waals surface area (Å²) in [6.07, 6.45) is 20.5. The van der Waals surface area contributed by atoms with Crippen molar-refractivity contribution in [2.75, 3.05) is 5.01 Å². The van der Waals surface area contributed by atoms with Crippen molar-refractivity contribution in [2.24, 2.45) is 5.10 Å². The van der Waals surface area contributed by atoms with Crippen LogP contribution < -0.4 is 9.75 Å². The lowest BCUT2D eigenvalue weighted by molar-refractivity contribution is -0.116. The number of benzene rings is 2. The van der Waals surface area contributed by atoms with E-state index in [2.05, 4.69) is 12.0 Å². The van der Waals surface area contributed by atoms with Crippen LogP contribution in [0.4, 0.5) is 5.69 Å². The number of anilines is 1. The molecule has 2 aromatic rings. The first kappa shape index (κ1) is 32.8. The Balaban J connectivity index is 1.38. The highest BCUT2D eigenvalue weighted by atomic mass is 32.2. The van der Waals surface area contributed by atoms with Gasteiger partial charge in [0.2, 0.25) is 0 Å². The van der Waals surface area contributed by atoms with Crippen molar-refractivity contribution >= 4 is 27.4 Å². The molecule has 1 amide bonds. The zero-order chi connectivity index (χ0) is 29.5. The number of hydrazone groups is 1. The van der Waals surface area contributed by atoms with E-state index in [-0.39, 0.29) is 23.8 Å². The zero-order valence-corrected chi connectivity index (χ0v) is 25.8. The van der Waals surface area contributed by atoms with Crippen LogP contribution >= 0.6 is 0 Å². The summed E-state index contributed by atoms with van der Waals surface area (Å²) >= 11 is 0. The average molecular weight is 585 g/mol. The lowest BCUT2D eigenvalue weighted by Crippen LogP contribution is -2.20. The highest BCUT2D eigenvalue weighted by molar-refractivity contribution is 7.86. The molecule has 2 aromatic carbocycles. The highest BCUT2D eigenvalue weighted by Crippen LogP contribution is 2.34. The number of carbonyl (C=O) groups excluding carboxylic acids is 1. The largest absolute Gasteiger partial charge is 0.456 e. The topological polar surface area (TPSA) is 96.3 Å². The molecule has 0 saturated heterocycles. The van der Waals surface area contributed by atoms with Crippen molar-refractivity contribution in [2.45, 2.75) is 128 Å². The Kier molecular flexibility index (Phi) is 13.8. The molecule has 0 spiro atoms. The molecule has 1 aliphatic heterocycles. The molecular formula is C33H48N2O5S. The van der Waals surface area contributed by atoms with E-state index in [9.17, 15) is 17.8 Å². The SMILES string of the molecule is CCCCCCCCCCCCCCCCCC1=NN(c2ccc(Oc3ccc(C)cc3)c(S(=O)(=O)O)c2)C(=O)C1. The minimum atomic E-state index is -4.59. The van der Waals surface area contributed by atoms with E-state index in [4.69, 9.17) is 4.74 Å². The van der Waals surface area contributed by atoms with Gasteiger partial charge in [0, 0.05) is 5.71 Å². The summed E-state index contributed by atoms with van der Waals surface area (Å²) in [5.41, 5.74) is 2.12. The second kappa shape index (κ2) is 17.3. The van der Waals surface area contributed by atoms with Crippen LogP contribution in [0.3, 0.4) is 0 Å². The zero-order valence-electron chi connectivity index (χ0n) is 24.9. The third kappa shape index (κ3) is 11.6. The minimum absolute atomic E-state index is 0.0197. The van der Waals surface area contributed by atoms with Gasteiger partial charge in [-0.05, 0) is 50.1 Å². The van der Waals surface area contributed by atoms with Crippen LogP contribution in [0.15, 0.2) is 52.5 Å². The van der Waals surface area contributed by atoms with Gasteiger partial charge in [0.15, 0.2) is 0 Å². The molecule has 0 unspecified atom stereocenters. The van der Waals surface area contributed by atoms with Crippen LogP contribution in [0, 0.1) is 6.92 Å². The van der Waals surface area contributed by atoms with E-state index in [1.807, 2.05) is 19.1 Å². The third-order valence-corrected chi connectivity index (χ3v) is 8.48. The molecular weight excluding hydrogens is 536 g/mol. The number of hydrogen-bond acceptors (Lipinski definition) is 5. The van der Waals surface area contributed by atoms with Gasteiger partial charge in [-0.15, -0.1) is 0 Å². The van der Waals surface area contributed by atoms with E-state index in [1.165, 1.54) is 101 Å². The second-order valence-corrected chi connectivity index (χ2v) is 12.7. The molecule has 41 heavy (non-hydrogen) atoms. The molecule has 0 radical (unpaired) electrons. The molecule has 1 N–H and O–H groups in total. The number of aryl methyl sites for hydroxylation is 1. The molecule has 0 fully saturated rings. The number of hydrogen-bond donors (Lipinski definition) is 1. The van der Waals surface area contributed by atoms with Gasteiger partial charge in [-0.2, -0.15) is 13.5 Å². The summed E-state index contributed by atoms with van der Waals surface area (Å²) in [4.78, 5) is 12.3. The number of carbonyl (C=O) groups is 1. The first-order valence-corrected chi connectivity index (χ1v) is 17.0. The fourth-order valence-electron chi connectivity index (χ4n) is 5.17.